The van der Waals surface area contributed by atoms with Crippen LogP contribution in [-0.4, -0.2) is 55.6 Å². The lowest BCUT2D eigenvalue weighted by molar-refractivity contribution is -0.116. The van der Waals surface area contributed by atoms with E-state index in [9.17, 15) is 18.0 Å². The fourth-order valence-corrected chi connectivity index (χ4v) is 6.50. The highest BCUT2D eigenvalue weighted by molar-refractivity contribution is 7.94. The van der Waals surface area contributed by atoms with Crippen LogP contribution in [-0.2, 0) is 14.6 Å². The van der Waals surface area contributed by atoms with Gasteiger partial charge in [-0.1, -0.05) is 18.2 Å². The summed E-state index contributed by atoms with van der Waals surface area (Å²) in [5, 5.41) is 0. The van der Waals surface area contributed by atoms with E-state index in [-0.39, 0.29) is 38.6 Å². The standard InChI is InChI=1S/C21H20N2O6S/c24-19-13-30(26,27)21(23(19)16-4-2-1-3-5-16)8-10-22(11-9-21)20(25)15-6-7-17-18(12-15)29-14-28-17/h1-7,12H,8-11,13-14H2. The molecule has 0 atom stereocenters. The van der Waals surface area contributed by atoms with E-state index in [0.29, 0.717) is 22.7 Å². The Balaban J connectivity index is 1.40. The van der Waals surface area contributed by atoms with Gasteiger partial charge in [-0.15, -0.1) is 0 Å². The number of hydrogen-bond donors (Lipinski definition) is 0. The number of benzene rings is 2. The van der Waals surface area contributed by atoms with Gasteiger partial charge < -0.3 is 14.4 Å². The average Bonchev–Trinajstić information content (AvgIpc) is 3.28. The number of fused-ring (bicyclic) bond motifs is 1. The molecule has 2 amide bonds. The van der Waals surface area contributed by atoms with E-state index in [4.69, 9.17) is 9.47 Å². The number of carbonyl (C=O) groups is 2. The smallest absolute Gasteiger partial charge is 0.253 e. The first-order valence-electron chi connectivity index (χ1n) is 9.71. The van der Waals surface area contributed by atoms with Crippen LogP contribution in [0.1, 0.15) is 23.2 Å². The summed E-state index contributed by atoms with van der Waals surface area (Å²) in [6.07, 6.45) is 0.346. The molecule has 0 N–H and O–H groups in total. The zero-order chi connectivity index (χ0) is 20.9. The van der Waals surface area contributed by atoms with Crippen molar-refractivity contribution in [1.29, 1.82) is 0 Å². The summed E-state index contributed by atoms with van der Waals surface area (Å²) in [6, 6.07) is 13.9. The number of ether oxygens (including phenoxy) is 2. The lowest BCUT2D eigenvalue weighted by atomic mass is 10.00. The largest absolute Gasteiger partial charge is 0.454 e. The van der Waals surface area contributed by atoms with Crippen LogP contribution in [0, 0.1) is 0 Å². The van der Waals surface area contributed by atoms with Crippen molar-refractivity contribution in [2.75, 3.05) is 30.5 Å². The Hall–Kier alpha value is -3.07. The SMILES string of the molecule is O=C(c1ccc2c(c1)OCO2)N1CCC2(CC1)N(c1ccccc1)C(=O)CS2(=O)=O. The topological polar surface area (TPSA) is 93.2 Å². The number of amides is 2. The van der Waals surface area contributed by atoms with E-state index >= 15 is 0 Å². The highest BCUT2D eigenvalue weighted by Gasteiger charge is 2.59. The third kappa shape index (κ3) is 2.76. The van der Waals surface area contributed by atoms with Gasteiger partial charge in [0.2, 0.25) is 12.7 Å². The lowest BCUT2D eigenvalue weighted by Gasteiger charge is -2.43. The maximum Gasteiger partial charge on any atom is 0.253 e. The highest BCUT2D eigenvalue weighted by Crippen LogP contribution is 2.43. The van der Waals surface area contributed by atoms with Crippen molar-refractivity contribution in [3.63, 3.8) is 0 Å². The van der Waals surface area contributed by atoms with Crippen molar-refractivity contribution >= 4 is 27.3 Å². The van der Waals surface area contributed by atoms with E-state index in [1.54, 1.807) is 47.4 Å². The summed E-state index contributed by atoms with van der Waals surface area (Å²) >= 11 is 0. The van der Waals surface area contributed by atoms with Crippen LogP contribution in [0.25, 0.3) is 0 Å². The number of rotatable bonds is 2. The molecule has 1 spiro atoms. The van der Waals surface area contributed by atoms with Crippen LogP contribution in [0.4, 0.5) is 5.69 Å². The monoisotopic (exact) mass is 428 g/mol. The molecule has 0 saturated carbocycles. The Morgan fingerprint density at radius 2 is 1.67 bits per heavy atom. The molecule has 9 heteroatoms. The normalized spacial score (nSPS) is 21.3. The molecule has 0 unspecified atom stereocenters. The van der Waals surface area contributed by atoms with E-state index in [1.165, 1.54) is 4.90 Å². The molecule has 156 valence electrons. The molecule has 0 bridgehead atoms. The van der Waals surface area contributed by atoms with Gasteiger partial charge in [0, 0.05) is 37.2 Å². The van der Waals surface area contributed by atoms with Gasteiger partial charge >= 0.3 is 0 Å². The lowest BCUT2D eigenvalue weighted by Crippen LogP contribution is -2.57. The van der Waals surface area contributed by atoms with Gasteiger partial charge in [-0.3, -0.25) is 14.5 Å². The summed E-state index contributed by atoms with van der Waals surface area (Å²) in [6.45, 7) is 0.604. The molecular weight excluding hydrogens is 408 g/mol. The minimum Gasteiger partial charge on any atom is -0.454 e. The number of likely N-dealkylation sites (tertiary alicyclic amines) is 1. The van der Waals surface area contributed by atoms with Crippen molar-refractivity contribution < 1.29 is 27.5 Å². The van der Waals surface area contributed by atoms with E-state index in [0.717, 1.165) is 0 Å². The van der Waals surface area contributed by atoms with Gasteiger partial charge in [-0.25, -0.2) is 8.42 Å². The average molecular weight is 428 g/mol. The van der Waals surface area contributed by atoms with Crippen molar-refractivity contribution in [2.45, 2.75) is 17.7 Å². The number of anilines is 1. The number of piperidine rings is 1. The Bertz CT molecular complexity index is 1120. The molecule has 3 heterocycles. The highest BCUT2D eigenvalue weighted by atomic mass is 32.2. The number of sulfone groups is 1. The molecule has 2 fully saturated rings. The van der Waals surface area contributed by atoms with Crippen LogP contribution in [0.3, 0.4) is 0 Å². The number of para-hydroxylation sites is 1. The zero-order valence-electron chi connectivity index (χ0n) is 16.1. The van der Waals surface area contributed by atoms with E-state index < -0.39 is 26.4 Å². The third-order valence-corrected chi connectivity index (χ3v) is 8.39. The first-order valence-corrected chi connectivity index (χ1v) is 11.4. The second-order valence-corrected chi connectivity index (χ2v) is 9.91. The Morgan fingerprint density at radius 1 is 0.967 bits per heavy atom. The summed E-state index contributed by atoms with van der Waals surface area (Å²) < 4.78 is 36.6. The Morgan fingerprint density at radius 3 is 2.40 bits per heavy atom. The molecule has 5 rings (SSSR count). The van der Waals surface area contributed by atoms with Crippen LogP contribution in [0.5, 0.6) is 11.5 Å². The van der Waals surface area contributed by atoms with Crippen molar-refractivity contribution in [1.82, 2.24) is 4.90 Å². The minimum atomic E-state index is -3.68. The number of nitrogens with zero attached hydrogens (tertiary/aromatic N) is 2. The van der Waals surface area contributed by atoms with Gasteiger partial charge in [-0.05, 0) is 30.3 Å². The molecule has 2 aromatic carbocycles. The summed E-state index contributed by atoms with van der Waals surface area (Å²) in [7, 11) is -3.68. The second-order valence-electron chi connectivity index (χ2n) is 7.63. The van der Waals surface area contributed by atoms with Crippen LogP contribution >= 0.6 is 0 Å². The zero-order valence-corrected chi connectivity index (χ0v) is 16.9. The summed E-state index contributed by atoms with van der Waals surface area (Å²) in [5.41, 5.74) is 1.03. The Kier molecular flexibility index (Phi) is 4.25. The second kappa shape index (κ2) is 6.73. The van der Waals surface area contributed by atoms with Crippen LogP contribution in [0.15, 0.2) is 48.5 Å². The molecule has 0 aliphatic carbocycles. The molecule has 8 nitrogen and oxygen atoms in total. The van der Waals surface area contributed by atoms with Crippen molar-refractivity contribution in [2.24, 2.45) is 0 Å². The van der Waals surface area contributed by atoms with Gasteiger partial charge in [0.15, 0.2) is 26.2 Å². The maximum absolute atomic E-state index is 13.0. The molecule has 2 saturated heterocycles. The minimum absolute atomic E-state index is 0.125. The summed E-state index contributed by atoms with van der Waals surface area (Å²) in [4.78, 5) is 27.4. The predicted molar refractivity (Wildman–Crippen MR) is 108 cm³/mol. The van der Waals surface area contributed by atoms with Crippen LogP contribution in [0.2, 0.25) is 0 Å². The first kappa shape index (κ1) is 18.9. The third-order valence-electron chi connectivity index (χ3n) is 6.02. The Labute approximate surface area is 173 Å². The molecule has 3 aliphatic heterocycles. The molecule has 30 heavy (non-hydrogen) atoms. The van der Waals surface area contributed by atoms with Crippen molar-refractivity contribution in [3.8, 4) is 11.5 Å². The number of hydrogen-bond acceptors (Lipinski definition) is 6. The van der Waals surface area contributed by atoms with E-state index in [1.807, 2.05) is 6.07 Å². The molecular formula is C21H20N2O6S. The predicted octanol–water partition coefficient (Wildman–Crippen LogP) is 1.81. The molecule has 0 radical (unpaired) electrons. The van der Waals surface area contributed by atoms with Crippen molar-refractivity contribution in [3.05, 3.63) is 54.1 Å². The van der Waals surface area contributed by atoms with Gasteiger partial charge in [0.25, 0.3) is 5.91 Å². The maximum atomic E-state index is 13.0. The van der Waals surface area contributed by atoms with E-state index in [2.05, 4.69) is 0 Å². The van der Waals surface area contributed by atoms with Gasteiger partial charge in [0.1, 0.15) is 5.75 Å². The fraction of sp³-hybridized carbons (Fsp3) is 0.333. The molecule has 0 aromatic heterocycles. The molecule has 2 aromatic rings. The van der Waals surface area contributed by atoms with Crippen LogP contribution < -0.4 is 14.4 Å². The first-order chi connectivity index (χ1) is 14.4. The van der Waals surface area contributed by atoms with Gasteiger partial charge in [-0.2, -0.15) is 0 Å². The fourth-order valence-electron chi connectivity index (χ4n) is 4.49. The van der Waals surface area contributed by atoms with Gasteiger partial charge in [0.05, 0.1) is 0 Å². The molecule has 3 aliphatic rings. The quantitative estimate of drug-likeness (QED) is 0.724. The number of carbonyl (C=O) groups excluding carboxylic acids is 2. The summed E-state index contributed by atoms with van der Waals surface area (Å²) in [5.74, 6) is -0.00231.